The second kappa shape index (κ2) is 10.5. The Balaban J connectivity index is 1.53. The van der Waals surface area contributed by atoms with E-state index >= 15 is 0 Å². The number of amides is 2. The van der Waals surface area contributed by atoms with Crippen molar-refractivity contribution in [2.75, 3.05) is 44.7 Å². The third-order valence-electron chi connectivity index (χ3n) is 6.29. The van der Waals surface area contributed by atoms with Crippen LogP contribution in [0.25, 0.3) is 0 Å². The molecule has 2 amide bonds. The van der Waals surface area contributed by atoms with Gasteiger partial charge in [-0.25, -0.2) is 0 Å². The van der Waals surface area contributed by atoms with Crippen molar-refractivity contribution >= 4 is 29.1 Å². The van der Waals surface area contributed by atoms with Crippen LogP contribution in [0.1, 0.15) is 30.0 Å². The number of hydrogen-bond donors (Lipinski definition) is 1. The molecule has 32 heavy (non-hydrogen) atoms. The van der Waals surface area contributed by atoms with E-state index in [0.29, 0.717) is 43.6 Å². The molecule has 7 heteroatoms. The van der Waals surface area contributed by atoms with Crippen LogP contribution in [0.2, 0.25) is 5.02 Å². The van der Waals surface area contributed by atoms with E-state index < -0.39 is 6.04 Å². The normalized spacial score (nSPS) is 20.6. The van der Waals surface area contributed by atoms with Gasteiger partial charge in [-0.3, -0.25) is 14.5 Å². The summed E-state index contributed by atoms with van der Waals surface area (Å²) in [6, 6.07) is 14.8. The lowest BCUT2D eigenvalue weighted by Crippen LogP contribution is -2.50. The van der Waals surface area contributed by atoms with Gasteiger partial charge in [0.2, 0.25) is 11.8 Å². The van der Waals surface area contributed by atoms with E-state index in [4.69, 9.17) is 16.3 Å². The van der Waals surface area contributed by atoms with E-state index in [1.165, 1.54) is 0 Å². The van der Waals surface area contributed by atoms with Crippen LogP contribution in [0.5, 0.6) is 0 Å². The molecule has 0 aromatic heterocycles. The Labute approximate surface area is 194 Å². The van der Waals surface area contributed by atoms with E-state index in [9.17, 15) is 9.59 Å². The Morgan fingerprint density at radius 1 is 1.09 bits per heavy atom. The molecule has 2 saturated heterocycles. The summed E-state index contributed by atoms with van der Waals surface area (Å²) in [5.74, 6) is -0.0409. The Bertz CT molecular complexity index is 947. The van der Waals surface area contributed by atoms with E-state index in [2.05, 4.69) is 10.2 Å². The largest absolute Gasteiger partial charge is 0.378 e. The number of benzene rings is 2. The first-order valence-corrected chi connectivity index (χ1v) is 11.6. The summed E-state index contributed by atoms with van der Waals surface area (Å²) < 4.78 is 5.39. The van der Waals surface area contributed by atoms with Gasteiger partial charge in [0.25, 0.3) is 0 Å². The fourth-order valence-electron chi connectivity index (χ4n) is 4.53. The molecule has 0 unspecified atom stereocenters. The van der Waals surface area contributed by atoms with Gasteiger partial charge in [-0.1, -0.05) is 48.0 Å². The van der Waals surface area contributed by atoms with Crippen LogP contribution in [-0.2, 0) is 14.3 Å². The van der Waals surface area contributed by atoms with Crippen molar-refractivity contribution in [2.45, 2.75) is 25.8 Å². The number of ether oxygens (including phenoxy) is 1. The van der Waals surface area contributed by atoms with Gasteiger partial charge in [-0.2, -0.15) is 0 Å². The first-order chi connectivity index (χ1) is 15.5. The maximum atomic E-state index is 13.5. The molecule has 170 valence electrons. The van der Waals surface area contributed by atoms with Gasteiger partial charge in [-0.15, -0.1) is 0 Å². The smallest absolute Gasteiger partial charge is 0.246 e. The summed E-state index contributed by atoms with van der Waals surface area (Å²) in [4.78, 5) is 30.6. The quantitative estimate of drug-likeness (QED) is 0.742. The molecule has 0 saturated carbocycles. The van der Waals surface area contributed by atoms with Crippen molar-refractivity contribution in [3.8, 4) is 0 Å². The highest BCUT2D eigenvalue weighted by atomic mass is 35.5. The summed E-state index contributed by atoms with van der Waals surface area (Å²) in [6.45, 7) is 5.75. The fourth-order valence-corrected chi connectivity index (χ4v) is 4.71. The summed E-state index contributed by atoms with van der Waals surface area (Å²) in [6.07, 6.45) is 1.73. The summed E-state index contributed by atoms with van der Waals surface area (Å²) in [5.41, 5.74) is 2.55. The molecule has 1 N–H and O–H groups in total. The predicted octanol–water partition coefficient (Wildman–Crippen LogP) is 3.90. The molecular formula is C25H30ClN3O3. The second-order valence-corrected chi connectivity index (χ2v) is 8.95. The number of carbonyl (C=O) groups excluding carboxylic acids is 2. The van der Waals surface area contributed by atoms with Crippen LogP contribution in [-0.4, -0.2) is 61.0 Å². The van der Waals surface area contributed by atoms with E-state index in [1.54, 1.807) is 6.07 Å². The number of anilines is 1. The third-order valence-corrected chi connectivity index (χ3v) is 6.70. The SMILES string of the molecule is Cc1ccc(NC(=O)[C@H](c2ccccc2)N2CCC[C@@H](C(=O)N3CCOCC3)C2)cc1Cl. The Morgan fingerprint density at radius 3 is 2.56 bits per heavy atom. The first kappa shape index (κ1) is 22.8. The topological polar surface area (TPSA) is 61.9 Å². The highest BCUT2D eigenvalue weighted by molar-refractivity contribution is 6.31. The van der Waals surface area contributed by atoms with Crippen molar-refractivity contribution < 1.29 is 14.3 Å². The lowest BCUT2D eigenvalue weighted by atomic mass is 9.93. The van der Waals surface area contributed by atoms with Crippen LogP contribution in [0, 0.1) is 12.8 Å². The number of piperidine rings is 1. The zero-order valence-corrected chi connectivity index (χ0v) is 19.2. The number of carbonyl (C=O) groups is 2. The second-order valence-electron chi connectivity index (χ2n) is 8.54. The van der Waals surface area contributed by atoms with Crippen LogP contribution >= 0.6 is 11.6 Å². The molecule has 0 bridgehead atoms. The molecule has 0 radical (unpaired) electrons. The maximum Gasteiger partial charge on any atom is 0.246 e. The van der Waals surface area contributed by atoms with Gasteiger partial charge in [0, 0.05) is 30.3 Å². The lowest BCUT2D eigenvalue weighted by molar-refractivity contribution is -0.142. The molecule has 2 heterocycles. The highest BCUT2D eigenvalue weighted by Crippen LogP contribution is 2.30. The minimum Gasteiger partial charge on any atom is -0.378 e. The van der Waals surface area contributed by atoms with Crippen molar-refractivity contribution in [1.29, 1.82) is 0 Å². The molecule has 0 spiro atoms. The van der Waals surface area contributed by atoms with Gasteiger partial charge in [-0.05, 0) is 49.6 Å². The zero-order chi connectivity index (χ0) is 22.5. The number of rotatable bonds is 5. The average Bonchev–Trinajstić information content (AvgIpc) is 2.82. The van der Waals surface area contributed by atoms with Crippen LogP contribution < -0.4 is 5.32 Å². The Hall–Kier alpha value is -2.41. The average molecular weight is 456 g/mol. The molecule has 2 atom stereocenters. The number of likely N-dealkylation sites (tertiary alicyclic amines) is 1. The first-order valence-electron chi connectivity index (χ1n) is 11.3. The lowest BCUT2D eigenvalue weighted by Gasteiger charge is -2.39. The van der Waals surface area contributed by atoms with Crippen molar-refractivity contribution in [2.24, 2.45) is 5.92 Å². The Morgan fingerprint density at radius 2 is 1.84 bits per heavy atom. The number of hydrogen-bond acceptors (Lipinski definition) is 4. The van der Waals surface area contributed by atoms with Crippen LogP contribution in [0.4, 0.5) is 5.69 Å². The van der Waals surface area contributed by atoms with Crippen molar-refractivity contribution in [3.63, 3.8) is 0 Å². The predicted molar refractivity (Wildman–Crippen MR) is 126 cm³/mol. The van der Waals surface area contributed by atoms with Crippen molar-refractivity contribution in [1.82, 2.24) is 9.80 Å². The molecule has 0 aliphatic carbocycles. The van der Waals surface area contributed by atoms with Gasteiger partial charge in [0.15, 0.2) is 0 Å². The molecule has 2 aliphatic heterocycles. The molecular weight excluding hydrogens is 426 g/mol. The molecule has 4 rings (SSSR count). The molecule has 2 aromatic rings. The van der Waals surface area contributed by atoms with E-state index in [1.807, 2.05) is 54.3 Å². The maximum absolute atomic E-state index is 13.5. The summed E-state index contributed by atoms with van der Waals surface area (Å²) in [5, 5.41) is 3.66. The number of morpholine rings is 1. The number of nitrogens with one attached hydrogen (secondary N) is 1. The Kier molecular flexibility index (Phi) is 7.45. The van der Waals surface area contributed by atoms with E-state index in [-0.39, 0.29) is 17.7 Å². The molecule has 2 aromatic carbocycles. The fraction of sp³-hybridized carbons (Fsp3) is 0.440. The van der Waals surface area contributed by atoms with Gasteiger partial charge in [0.05, 0.1) is 19.1 Å². The minimum absolute atomic E-state index is 0.102. The number of nitrogens with zero attached hydrogens (tertiary/aromatic N) is 2. The monoisotopic (exact) mass is 455 g/mol. The van der Waals surface area contributed by atoms with E-state index in [0.717, 1.165) is 30.5 Å². The van der Waals surface area contributed by atoms with Gasteiger partial charge >= 0.3 is 0 Å². The standard InChI is InChI=1S/C25H30ClN3O3/c1-18-9-10-21(16-22(18)26)27-24(30)23(19-6-3-2-4-7-19)29-11-5-8-20(17-29)25(31)28-12-14-32-15-13-28/h2-4,6-7,9-10,16,20,23H,5,8,11-15,17H2,1H3,(H,27,30)/t20-,23+/m1/s1. The van der Waals surface area contributed by atoms with Gasteiger partial charge < -0.3 is 15.0 Å². The molecule has 2 aliphatic rings. The van der Waals surface area contributed by atoms with Crippen LogP contribution in [0.15, 0.2) is 48.5 Å². The van der Waals surface area contributed by atoms with Gasteiger partial charge in [0.1, 0.15) is 6.04 Å². The third kappa shape index (κ3) is 5.31. The summed E-state index contributed by atoms with van der Waals surface area (Å²) in [7, 11) is 0. The van der Waals surface area contributed by atoms with Crippen LogP contribution in [0.3, 0.4) is 0 Å². The number of halogens is 1. The van der Waals surface area contributed by atoms with Crippen molar-refractivity contribution in [3.05, 3.63) is 64.7 Å². The summed E-state index contributed by atoms with van der Waals surface area (Å²) >= 11 is 6.26. The zero-order valence-electron chi connectivity index (χ0n) is 18.4. The highest BCUT2D eigenvalue weighted by Gasteiger charge is 2.36. The molecule has 6 nitrogen and oxygen atoms in total. The number of aryl methyl sites for hydroxylation is 1. The minimum atomic E-state index is -0.475. The molecule has 2 fully saturated rings.